The molecule has 1 aliphatic heterocycles. The highest BCUT2D eigenvalue weighted by atomic mass is 16.3. The SMILES string of the molecule is c1ccc(-c2ccc3c(c2)C(c2ccccc2)(c2ccccc2)c2cc(-c4ccccc4)ccc2N3c2cccc(-c3cccc(-c4ccc5oc6ccccc6c5c4)c3)c2)cc1. The van der Waals surface area contributed by atoms with Crippen molar-refractivity contribution < 1.29 is 4.42 Å². The second-order valence-electron chi connectivity index (χ2n) is 16.5. The first kappa shape index (κ1) is 36.6. The van der Waals surface area contributed by atoms with Gasteiger partial charge in [0.1, 0.15) is 11.2 Å². The van der Waals surface area contributed by atoms with Gasteiger partial charge in [-0.3, -0.25) is 0 Å². The molecule has 11 aromatic rings. The predicted molar refractivity (Wildman–Crippen MR) is 262 cm³/mol. The summed E-state index contributed by atoms with van der Waals surface area (Å²) in [5.41, 5.74) is 18.8. The number of benzene rings is 10. The van der Waals surface area contributed by atoms with Crippen molar-refractivity contribution in [3.05, 3.63) is 271 Å². The maximum atomic E-state index is 6.17. The first-order chi connectivity index (χ1) is 31.2. The van der Waals surface area contributed by atoms with E-state index in [1.807, 2.05) is 12.1 Å². The number of anilines is 3. The van der Waals surface area contributed by atoms with Gasteiger partial charge in [-0.15, -0.1) is 0 Å². The lowest BCUT2D eigenvalue weighted by Crippen LogP contribution is -2.38. The van der Waals surface area contributed by atoms with E-state index in [9.17, 15) is 0 Å². The summed E-state index contributed by atoms with van der Waals surface area (Å²) in [6, 6.07) is 90.7. The van der Waals surface area contributed by atoms with Crippen LogP contribution in [0, 0.1) is 0 Å². The molecule has 0 fully saturated rings. The molecule has 0 unspecified atom stereocenters. The molecular weight excluding hydrogens is 763 g/mol. The molecule has 2 nitrogen and oxygen atoms in total. The van der Waals surface area contributed by atoms with Gasteiger partial charge in [0, 0.05) is 16.5 Å². The van der Waals surface area contributed by atoms with Gasteiger partial charge < -0.3 is 9.32 Å². The minimum atomic E-state index is -0.646. The highest BCUT2D eigenvalue weighted by Gasteiger charge is 2.47. The molecule has 0 atom stereocenters. The highest BCUT2D eigenvalue weighted by molar-refractivity contribution is 6.06. The van der Waals surface area contributed by atoms with Gasteiger partial charge in [-0.1, -0.05) is 188 Å². The first-order valence-corrected chi connectivity index (χ1v) is 21.7. The van der Waals surface area contributed by atoms with Crippen LogP contribution in [0.4, 0.5) is 17.1 Å². The van der Waals surface area contributed by atoms with Crippen LogP contribution in [0.3, 0.4) is 0 Å². The van der Waals surface area contributed by atoms with E-state index in [1.54, 1.807) is 0 Å². The fourth-order valence-corrected chi connectivity index (χ4v) is 10.0. The fraction of sp³-hybridized carbons (Fsp3) is 0.0164. The van der Waals surface area contributed by atoms with E-state index in [0.29, 0.717) is 0 Å². The molecule has 1 aromatic heterocycles. The largest absolute Gasteiger partial charge is 0.456 e. The van der Waals surface area contributed by atoms with E-state index < -0.39 is 5.41 Å². The number of hydrogen-bond donors (Lipinski definition) is 0. The van der Waals surface area contributed by atoms with E-state index in [2.05, 4.69) is 241 Å². The minimum absolute atomic E-state index is 0.646. The van der Waals surface area contributed by atoms with Crippen molar-refractivity contribution in [1.82, 2.24) is 0 Å². The van der Waals surface area contributed by atoms with E-state index in [0.717, 1.165) is 61.3 Å². The molecule has 0 amide bonds. The number of rotatable bonds is 7. The minimum Gasteiger partial charge on any atom is -0.456 e. The van der Waals surface area contributed by atoms with Gasteiger partial charge in [-0.2, -0.15) is 0 Å². The lowest BCUT2D eigenvalue weighted by atomic mass is 9.62. The Morgan fingerprint density at radius 2 is 0.714 bits per heavy atom. The Morgan fingerprint density at radius 3 is 1.30 bits per heavy atom. The number of furan rings is 1. The third-order valence-electron chi connectivity index (χ3n) is 12.9. The van der Waals surface area contributed by atoms with Crippen molar-refractivity contribution in [2.24, 2.45) is 0 Å². The van der Waals surface area contributed by atoms with Gasteiger partial charge >= 0.3 is 0 Å². The van der Waals surface area contributed by atoms with Crippen LogP contribution in [0.15, 0.2) is 253 Å². The summed E-state index contributed by atoms with van der Waals surface area (Å²) in [4.78, 5) is 2.49. The van der Waals surface area contributed by atoms with Crippen LogP contribution in [0.5, 0.6) is 0 Å². The molecular formula is C61H41NO. The maximum Gasteiger partial charge on any atom is 0.135 e. The lowest BCUT2D eigenvalue weighted by molar-refractivity contribution is 0.669. The van der Waals surface area contributed by atoms with Gasteiger partial charge in [-0.05, 0) is 127 Å². The molecule has 0 saturated carbocycles. The normalized spacial score (nSPS) is 12.9. The Hall–Kier alpha value is -8.20. The van der Waals surface area contributed by atoms with Gasteiger partial charge in [-0.25, -0.2) is 0 Å². The van der Waals surface area contributed by atoms with Gasteiger partial charge in [0.2, 0.25) is 0 Å². The van der Waals surface area contributed by atoms with Gasteiger partial charge in [0.15, 0.2) is 0 Å². The number of fused-ring (bicyclic) bond motifs is 5. The molecule has 0 radical (unpaired) electrons. The molecule has 2 heterocycles. The zero-order chi connectivity index (χ0) is 41.7. The van der Waals surface area contributed by atoms with Crippen molar-refractivity contribution >= 4 is 39.0 Å². The van der Waals surface area contributed by atoms with Crippen LogP contribution in [0.2, 0.25) is 0 Å². The Bertz CT molecular complexity index is 3310. The van der Waals surface area contributed by atoms with E-state index >= 15 is 0 Å². The average molecular weight is 804 g/mol. The molecule has 10 aromatic carbocycles. The summed E-state index contributed by atoms with van der Waals surface area (Å²) in [7, 11) is 0. The number of para-hydroxylation sites is 1. The summed E-state index contributed by atoms with van der Waals surface area (Å²) < 4.78 is 6.17. The zero-order valence-corrected chi connectivity index (χ0v) is 34.5. The molecule has 0 spiro atoms. The summed E-state index contributed by atoms with van der Waals surface area (Å²) in [5, 5.41) is 2.27. The second kappa shape index (κ2) is 15.1. The quantitative estimate of drug-likeness (QED) is 0.160. The summed E-state index contributed by atoms with van der Waals surface area (Å²) >= 11 is 0. The molecule has 63 heavy (non-hydrogen) atoms. The van der Waals surface area contributed by atoms with Gasteiger partial charge in [0.25, 0.3) is 0 Å². The monoisotopic (exact) mass is 803 g/mol. The second-order valence-corrected chi connectivity index (χ2v) is 16.5. The standard InChI is InChI=1S/C61H41NO/c1-5-17-42(18-6-1)48-31-34-57-55(40-48)61(50-24-9-3-10-25-50,51-26-11-4-12-27-51)56-41-49(43-19-7-2-8-20-43)32-35-58(56)62(57)52-28-16-23-46(38-52)44-21-15-22-45(37-44)47-33-36-60-54(39-47)53-29-13-14-30-59(53)63-60/h1-41H. The van der Waals surface area contributed by atoms with E-state index in [4.69, 9.17) is 4.42 Å². The van der Waals surface area contributed by atoms with Crippen molar-refractivity contribution in [3.8, 4) is 44.5 Å². The summed E-state index contributed by atoms with van der Waals surface area (Å²) in [5.74, 6) is 0. The molecule has 296 valence electrons. The number of nitrogens with zero attached hydrogens (tertiary/aromatic N) is 1. The summed E-state index contributed by atoms with van der Waals surface area (Å²) in [6.07, 6.45) is 0. The third kappa shape index (κ3) is 6.10. The molecule has 2 heteroatoms. The molecule has 0 N–H and O–H groups in total. The Labute approximate surface area is 367 Å². The topological polar surface area (TPSA) is 16.4 Å². The zero-order valence-electron chi connectivity index (χ0n) is 34.5. The van der Waals surface area contributed by atoms with Crippen LogP contribution in [-0.2, 0) is 5.41 Å². The Morgan fingerprint density at radius 1 is 0.286 bits per heavy atom. The van der Waals surface area contributed by atoms with Crippen LogP contribution in [-0.4, -0.2) is 0 Å². The maximum absolute atomic E-state index is 6.17. The van der Waals surface area contributed by atoms with Crippen LogP contribution < -0.4 is 4.90 Å². The van der Waals surface area contributed by atoms with Crippen LogP contribution in [0.1, 0.15) is 22.3 Å². The third-order valence-corrected chi connectivity index (χ3v) is 12.9. The average Bonchev–Trinajstić information content (AvgIpc) is 3.74. The molecule has 12 rings (SSSR count). The van der Waals surface area contributed by atoms with Crippen LogP contribution >= 0.6 is 0 Å². The van der Waals surface area contributed by atoms with Crippen molar-refractivity contribution in [2.45, 2.75) is 5.41 Å². The number of hydrogen-bond acceptors (Lipinski definition) is 2. The Balaban J connectivity index is 1.08. The fourth-order valence-electron chi connectivity index (χ4n) is 10.0. The first-order valence-electron chi connectivity index (χ1n) is 21.7. The molecule has 1 aliphatic rings. The lowest BCUT2D eigenvalue weighted by Gasteiger charge is -2.47. The van der Waals surface area contributed by atoms with Crippen LogP contribution in [0.25, 0.3) is 66.4 Å². The smallest absolute Gasteiger partial charge is 0.135 e. The molecule has 0 aliphatic carbocycles. The summed E-state index contributed by atoms with van der Waals surface area (Å²) in [6.45, 7) is 0. The van der Waals surface area contributed by atoms with Crippen molar-refractivity contribution in [3.63, 3.8) is 0 Å². The highest BCUT2D eigenvalue weighted by Crippen LogP contribution is 2.59. The predicted octanol–water partition coefficient (Wildman–Crippen LogP) is 16.4. The van der Waals surface area contributed by atoms with E-state index in [1.165, 1.54) is 44.5 Å². The Kier molecular flexibility index (Phi) is 8.76. The van der Waals surface area contributed by atoms with Crippen molar-refractivity contribution in [1.29, 1.82) is 0 Å². The molecule has 0 saturated heterocycles. The van der Waals surface area contributed by atoms with E-state index in [-0.39, 0.29) is 0 Å². The molecule has 0 bridgehead atoms. The van der Waals surface area contributed by atoms with Gasteiger partial charge in [0.05, 0.1) is 16.8 Å². The van der Waals surface area contributed by atoms with Crippen molar-refractivity contribution in [2.75, 3.05) is 4.90 Å².